The third-order valence-electron chi connectivity index (χ3n) is 4.05. The molecule has 0 bridgehead atoms. The molecule has 126 valence electrons. The molecule has 1 N–H and O–H groups in total. The molecule has 1 aliphatic carbocycles. The molecule has 1 saturated carbocycles. The van der Waals surface area contributed by atoms with Gasteiger partial charge in [-0.15, -0.1) is 0 Å². The summed E-state index contributed by atoms with van der Waals surface area (Å²) in [5.74, 6) is -0.151. The van der Waals surface area contributed by atoms with E-state index in [4.69, 9.17) is 9.84 Å². The van der Waals surface area contributed by atoms with Crippen molar-refractivity contribution in [1.29, 1.82) is 0 Å². The Balaban J connectivity index is 1.70. The van der Waals surface area contributed by atoms with E-state index < -0.39 is 12.0 Å². The van der Waals surface area contributed by atoms with Crippen molar-refractivity contribution in [2.45, 2.75) is 58.0 Å². The Hall–Kier alpha value is -2.04. The number of carboxylic acid groups (broad SMARTS) is 1. The number of carbonyl (C=O) groups excluding carboxylic acids is 1. The Morgan fingerprint density at radius 3 is 2.70 bits per heavy atom. The fourth-order valence-corrected chi connectivity index (χ4v) is 2.61. The van der Waals surface area contributed by atoms with Gasteiger partial charge in [0.15, 0.2) is 0 Å². The van der Waals surface area contributed by atoms with Gasteiger partial charge in [-0.25, -0.2) is 4.79 Å². The number of hydrogen-bond acceptors (Lipinski definition) is 3. The number of aliphatic carboxylic acids is 1. The van der Waals surface area contributed by atoms with Crippen LogP contribution in [0.4, 0.5) is 0 Å². The largest absolute Gasteiger partial charge is 0.494 e. The first-order chi connectivity index (χ1) is 11.0. The molecule has 1 aromatic rings. The maximum atomic E-state index is 12.3. The summed E-state index contributed by atoms with van der Waals surface area (Å²) in [5.41, 5.74) is 1.15. The van der Waals surface area contributed by atoms with E-state index in [1.165, 1.54) is 0 Å². The highest BCUT2D eigenvalue weighted by atomic mass is 16.5. The fraction of sp³-hybridized carbons (Fsp3) is 0.556. The van der Waals surface area contributed by atoms with E-state index in [1.807, 2.05) is 31.2 Å². The molecule has 0 aliphatic heterocycles. The van der Waals surface area contributed by atoms with Gasteiger partial charge in [0.2, 0.25) is 5.91 Å². The monoisotopic (exact) mass is 319 g/mol. The fourth-order valence-electron chi connectivity index (χ4n) is 2.61. The maximum absolute atomic E-state index is 12.3. The van der Waals surface area contributed by atoms with Crippen LogP contribution in [0, 0.1) is 6.92 Å². The zero-order chi connectivity index (χ0) is 16.8. The topological polar surface area (TPSA) is 66.8 Å². The highest BCUT2D eigenvalue weighted by Gasteiger charge is 2.37. The van der Waals surface area contributed by atoms with Crippen molar-refractivity contribution in [3.8, 4) is 5.75 Å². The van der Waals surface area contributed by atoms with Gasteiger partial charge in [-0.05, 0) is 57.2 Å². The Morgan fingerprint density at radius 1 is 1.35 bits per heavy atom. The summed E-state index contributed by atoms with van der Waals surface area (Å²) >= 11 is 0. The second-order valence-electron chi connectivity index (χ2n) is 6.17. The summed E-state index contributed by atoms with van der Waals surface area (Å²) in [6.45, 7) is 4.16. The third-order valence-corrected chi connectivity index (χ3v) is 4.05. The first kappa shape index (κ1) is 17.3. The van der Waals surface area contributed by atoms with Gasteiger partial charge in [0, 0.05) is 12.5 Å². The van der Waals surface area contributed by atoms with Gasteiger partial charge in [0.25, 0.3) is 0 Å². The number of nitrogens with zero attached hydrogens (tertiary/aromatic N) is 1. The minimum absolute atomic E-state index is 0.0574. The average molecular weight is 319 g/mol. The van der Waals surface area contributed by atoms with Crippen LogP contribution in [0.5, 0.6) is 5.75 Å². The second kappa shape index (κ2) is 7.99. The Morgan fingerprint density at radius 2 is 2.09 bits per heavy atom. The van der Waals surface area contributed by atoms with E-state index in [0.717, 1.165) is 30.6 Å². The zero-order valence-corrected chi connectivity index (χ0v) is 13.8. The summed E-state index contributed by atoms with van der Waals surface area (Å²) in [6, 6.07) is 7.25. The summed E-state index contributed by atoms with van der Waals surface area (Å²) in [6.07, 6.45) is 3.70. The van der Waals surface area contributed by atoms with Crippen LogP contribution >= 0.6 is 0 Å². The van der Waals surface area contributed by atoms with Crippen LogP contribution in [0.2, 0.25) is 0 Å². The van der Waals surface area contributed by atoms with Crippen LogP contribution in [0.15, 0.2) is 24.3 Å². The lowest BCUT2D eigenvalue weighted by atomic mass is 10.2. The van der Waals surface area contributed by atoms with E-state index in [9.17, 15) is 9.59 Å². The van der Waals surface area contributed by atoms with Gasteiger partial charge in [0.05, 0.1) is 6.61 Å². The van der Waals surface area contributed by atoms with Crippen LogP contribution in [0.1, 0.15) is 44.6 Å². The molecule has 0 radical (unpaired) electrons. The van der Waals surface area contributed by atoms with Crippen molar-refractivity contribution < 1.29 is 19.4 Å². The van der Waals surface area contributed by atoms with E-state index in [0.29, 0.717) is 19.4 Å². The van der Waals surface area contributed by atoms with Crippen molar-refractivity contribution in [3.63, 3.8) is 0 Å². The van der Waals surface area contributed by atoms with E-state index >= 15 is 0 Å². The summed E-state index contributed by atoms with van der Waals surface area (Å²) in [7, 11) is 0. The summed E-state index contributed by atoms with van der Waals surface area (Å²) < 4.78 is 5.66. The van der Waals surface area contributed by atoms with Crippen molar-refractivity contribution >= 4 is 11.9 Å². The van der Waals surface area contributed by atoms with Gasteiger partial charge in [0.1, 0.15) is 11.8 Å². The predicted molar refractivity (Wildman–Crippen MR) is 87.5 cm³/mol. The first-order valence-electron chi connectivity index (χ1n) is 8.22. The number of unbranched alkanes of at least 4 members (excludes halogenated alkanes) is 1. The van der Waals surface area contributed by atoms with Gasteiger partial charge >= 0.3 is 5.97 Å². The Kier molecular flexibility index (Phi) is 6.02. The molecule has 1 fully saturated rings. The number of ether oxygens (including phenoxy) is 1. The molecule has 2 rings (SSSR count). The Labute approximate surface area is 137 Å². The maximum Gasteiger partial charge on any atom is 0.326 e. The quantitative estimate of drug-likeness (QED) is 0.711. The van der Waals surface area contributed by atoms with Crippen LogP contribution in [-0.2, 0) is 9.59 Å². The van der Waals surface area contributed by atoms with E-state index in [1.54, 1.807) is 11.8 Å². The summed E-state index contributed by atoms with van der Waals surface area (Å²) in [5, 5.41) is 9.12. The van der Waals surface area contributed by atoms with Gasteiger partial charge < -0.3 is 14.7 Å². The van der Waals surface area contributed by atoms with Gasteiger partial charge in [-0.2, -0.15) is 0 Å². The molecular weight excluding hydrogens is 294 g/mol. The second-order valence-corrected chi connectivity index (χ2v) is 6.17. The van der Waals surface area contributed by atoms with E-state index in [2.05, 4.69) is 0 Å². The van der Waals surface area contributed by atoms with Crippen LogP contribution in [0.25, 0.3) is 0 Å². The highest BCUT2D eigenvalue weighted by Crippen LogP contribution is 2.29. The van der Waals surface area contributed by atoms with Crippen molar-refractivity contribution in [2.24, 2.45) is 0 Å². The highest BCUT2D eigenvalue weighted by molar-refractivity contribution is 5.83. The molecule has 23 heavy (non-hydrogen) atoms. The van der Waals surface area contributed by atoms with Crippen molar-refractivity contribution in [3.05, 3.63) is 29.8 Å². The predicted octanol–water partition coefficient (Wildman–Crippen LogP) is 3.01. The van der Waals surface area contributed by atoms with Crippen LogP contribution in [0.3, 0.4) is 0 Å². The standard InChI is InChI=1S/C18H25NO4/c1-13-6-5-7-16(12-13)23-11-4-3-8-17(20)19(15-9-10-15)14(2)18(21)22/h5-7,12,14-15H,3-4,8-11H2,1-2H3,(H,21,22). The van der Waals surface area contributed by atoms with E-state index in [-0.39, 0.29) is 11.9 Å². The van der Waals surface area contributed by atoms with Crippen molar-refractivity contribution in [2.75, 3.05) is 6.61 Å². The minimum atomic E-state index is -0.937. The van der Waals surface area contributed by atoms with Gasteiger partial charge in [-0.1, -0.05) is 12.1 Å². The molecular formula is C18H25NO4. The van der Waals surface area contributed by atoms with Crippen LogP contribution < -0.4 is 4.74 Å². The number of hydrogen-bond donors (Lipinski definition) is 1. The normalized spacial score (nSPS) is 15.0. The van der Waals surface area contributed by atoms with Crippen molar-refractivity contribution in [1.82, 2.24) is 4.90 Å². The molecule has 1 aromatic carbocycles. The molecule has 0 aromatic heterocycles. The van der Waals surface area contributed by atoms with Crippen LogP contribution in [-0.4, -0.2) is 40.6 Å². The minimum Gasteiger partial charge on any atom is -0.494 e. The molecule has 0 saturated heterocycles. The summed E-state index contributed by atoms with van der Waals surface area (Å²) in [4.78, 5) is 24.9. The molecule has 0 heterocycles. The van der Waals surface area contributed by atoms with Gasteiger partial charge in [-0.3, -0.25) is 4.79 Å². The molecule has 1 aliphatic rings. The molecule has 5 nitrogen and oxygen atoms in total. The molecule has 5 heteroatoms. The number of aryl methyl sites for hydroxylation is 1. The SMILES string of the molecule is Cc1cccc(OCCCCC(=O)N(C2CC2)C(C)C(=O)O)c1. The number of carboxylic acids is 1. The molecule has 1 unspecified atom stereocenters. The third kappa shape index (κ3) is 5.27. The average Bonchev–Trinajstić information content (AvgIpc) is 3.31. The number of carbonyl (C=O) groups is 2. The molecule has 1 amide bonds. The smallest absolute Gasteiger partial charge is 0.326 e. The number of amides is 1. The lowest BCUT2D eigenvalue weighted by Gasteiger charge is -2.26. The molecule has 1 atom stereocenters. The lowest BCUT2D eigenvalue weighted by Crippen LogP contribution is -2.44. The number of benzene rings is 1. The number of rotatable bonds is 9. The first-order valence-corrected chi connectivity index (χ1v) is 8.22. The zero-order valence-electron chi connectivity index (χ0n) is 13.8. The lowest BCUT2D eigenvalue weighted by molar-refractivity contribution is -0.150. The molecule has 0 spiro atoms. The Bertz CT molecular complexity index is 554.